The number of anilines is 1. The summed E-state index contributed by atoms with van der Waals surface area (Å²) < 4.78 is 5.21. The summed E-state index contributed by atoms with van der Waals surface area (Å²) in [5, 5.41) is 0. The summed E-state index contributed by atoms with van der Waals surface area (Å²) in [6.07, 6.45) is 8.21. The van der Waals surface area contributed by atoms with Gasteiger partial charge in [-0.05, 0) is 64.1 Å². The Morgan fingerprint density at radius 3 is 2.96 bits per heavy atom. The van der Waals surface area contributed by atoms with E-state index in [0.717, 1.165) is 25.3 Å². The second-order valence-electron chi connectivity index (χ2n) is 7.39. The molecular formula is C20H31N3O2. The zero-order valence-corrected chi connectivity index (χ0v) is 15.6. The maximum absolute atomic E-state index is 12.3. The number of nitrogens with zero attached hydrogens (tertiary/aromatic N) is 3. The Morgan fingerprint density at radius 2 is 2.16 bits per heavy atom. The van der Waals surface area contributed by atoms with Gasteiger partial charge < -0.3 is 14.5 Å². The van der Waals surface area contributed by atoms with Gasteiger partial charge in [0.25, 0.3) is 0 Å². The summed E-state index contributed by atoms with van der Waals surface area (Å²) >= 11 is 0. The highest BCUT2D eigenvalue weighted by molar-refractivity contribution is 5.94. The summed E-state index contributed by atoms with van der Waals surface area (Å²) in [5.74, 6) is 1.17. The fourth-order valence-electron chi connectivity index (χ4n) is 4.18. The lowest BCUT2D eigenvalue weighted by Crippen LogP contribution is -2.45. The summed E-state index contributed by atoms with van der Waals surface area (Å²) in [7, 11) is 0. The normalized spacial score (nSPS) is 25.0. The Morgan fingerprint density at radius 1 is 1.28 bits per heavy atom. The molecule has 5 heteroatoms. The molecule has 0 N–H and O–H groups in total. The lowest BCUT2D eigenvalue weighted by atomic mass is 9.94. The van der Waals surface area contributed by atoms with Gasteiger partial charge in [-0.1, -0.05) is 6.42 Å². The van der Waals surface area contributed by atoms with Crippen LogP contribution in [0.15, 0.2) is 18.3 Å². The highest BCUT2D eigenvalue weighted by Gasteiger charge is 2.28. The molecule has 0 spiro atoms. The van der Waals surface area contributed by atoms with E-state index in [9.17, 15) is 4.79 Å². The molecule has 2 aliphatic heterocycles. The number of rotatable bonds is 5. The number of carbonyl (C=O) groups excluding carboxylic acids is 1. The first kappa shape index (κ1) is 18.2. The standard InChI is InChI=1S/C20H31N3O2/c1-3-25-20(24)18-10-6-11-21-19(18)23-13-7-9-17(15-23)14-22-12-5-4-8-16(22)2/h6,10-11,16-17H,3-5,7-9,12-15H2,1-2H3. The molecule has 0 bridgehead atoms. The molecule has 0 saturated carbocycles. The molecule has 1 aromatic heterocycles. The van der Waals surface area contributed by atoms with Crippen molar-refractivity contribution in [3.8, 4) is 0 Å². The molecule has 5 nitrogen and oxygen atoms in total. The van der Waals surface area contributed by atoms with Crippen molar-refractivity contribution in [3.05, 3.63) is 23.9 Å². The van der Waals surface area contributed by atoms with Crippen LogP contribution in [0.1, 0.15) is 56.3 Å². The molecule has 138 valence electrons. The Bertz CT molecular complexity index is 578. The first-order chi connectivity index (χ1) is 12.2. The topological polar surface area (TPSA) is 45.7 Å². The first-order valence-corrected chi connectivity index (χ1v) is 9.80. The maximum Gasteiger partial charge on any atom is 0.341 e. The number of hydrogen-bond donors (Lipinski definition) is 0. The molecular weight excluding hydrogens is 314 g/mol. The molecule has 1 aromatic rings. The SMILES string of the molecule is CCOC(=O)c1cccnc1N1CCCC(CN2CCCCC2C)C1. The van der Waals surface area contributed by atoms with Gasteiger partial charge in [-0.3, -0.25) is 0 Å². The highest BCUT2D eigenvalue weighted by Crippen LogP contribution is 2.27. The Kier molecular flexibility index (Phi) is 6.29. The molecule has 25 heavy (non-hydrogen) atoms. The van der Waals surface area contributed by atoms with Gasteiger partial charge in [-0.15, -0.1) is 0 Å². The highest BCUT2D eigenvalue weighted by atomic mass is 16.5. The molecule has 0 aliphatic carbocycles. The van der Waals surface area contributed by atoms with Gasteiger partial charge in [-0.2, -0.15) is 0 Å². The summed E-state index contributed by atoms with van der Waals surface area (Å²) in [4.78, 5) is 21.7. The minimum atomic E-state index is -0.266. The van der Waals surface area contributed by atoms with E-state index < -0.39 is 0 Å². The van der Waals surface area contributed by atoms with Crippen molar-refractivity contribution in [2.24, 2.45) is 5.92 Å². The molecule has 3 heterocycles. The van der Waals surface area contributed by atoms with Gasteiger partial charge >= 0.3 is 5.97 Å². The largest absolute Gasteiger partial charge is 0.462 e. The van der Waals surface area contributed by atoms with Crippen molar-refractivity contribution >= 4 is 11.8 Å². The number of piperidine rings is 2. The van der Waals surface area contributed by atoms with Crippen LogP contribution in [-0.4, -0.2) is 54.7 Å². The zero-order chi connectivity index (χ0) is 17.6. The lowest BCUT2D eigenvalue weighted by Gasteiger charge is -2.40. The van der Waals surface area contributed by atoms with Gasteiger partial charge in [0, 0.05) is 31.9 Å². The van der Waals surface area contributed by atoms with Crippen molar-refractivity contribution in [1.82, 2.24) is 9.88 Å². The van der Waals surface area contributed by atoms with Gasteiger partial charge in [0.2, 0.25) is 0 Å². The number of pyridine rings is 1. The molecule has 2 saturated heterocycles. The van der Waals surface area contributed by atoms with E-state index in [1.165, 1.54) is 38.8 Å². The average Bonchev–Trinajstić information content (AvgIpc) is 2.64. The molecule has 2 aliphatic rings. The second kappa shape index (κ2) is 8.65. The lowest BCUT2D eigenvalue weighted by molar-refractivity contribution is 0.0526. The Balaban J connectivity index is 1.68. The monoisotopic (exact) mass is 345 g/mol. The number of likely N-dealkylation sites (tertiary alicyclic amines) is 1. The van der Waals surface area contributed by atoms with Gasteiger partial charge in [-0.25, -0.2) is 9.78 Å². The third-order valence-corrected chi connectivity index (χ3v) is 5.53. The summed E-state index contributed by atoms with van der Waals surface area (Å²) in [6.45, 7) is 8.93. The quantitative estimate of drug-likeness (QED) is 0.766. The first-order valence-electron chi connectivity index (χ1n) is 9.80. The Hall–Kier alpha value is -1.62. The van der Waals surface area contributed by atoms with Crippen LogP contribution < -0.4 is 4.90 Å². The van der Waals surface area contributed by atoms with E-state index in [2.05, 4.69) is 21.7 Å². The van der Waals surface area contributed by atoms with Gasteiger partial charge in [0.1, 0.15) is 11.4 Å². The van der Waals surface area contributed by atoms with Crippen LogP contribution in [0.5, 0.6) is 0 Å². The van der Waals surface area contributed by atoms with E-state index in [4.69, 9.17) is 4.74 Å². The molecule has 2 fully saturated rings. The van der Waals surface area contributed by atoms with Crippen LogP contribution in [0.3, 0.4) is 0 Å². The minimum Gasteiger partial charge on any atom is -0.462 e. The number of hydrogen-bond acceptors (Lipinski definition) is 5. The van der Waals surface area contributed by atoms with Crippen molar-refractivity contribution < 1.29 is 9.53 Å². The Labute approximate surface area is 151 Å². The number of ether oxygens (including phenoxy) is 1. The molecule has 0 radical (unpaired) electrons. The van der Waals surface area contributed by atoms with Gasteiger partial charge in [0.05, 0.1) is 6.61 Å². The van der Waals surface area contributed by atoms with Crippen LogP contribution in [0.25, 0.3) is 0 Å². The maximum atomic E-state index is 12.3. The van der Waals surface area contributed by atoms with E-state index >= 15 is 0 Å². The number of aromatic nitrogens is 1. The second-order valence-corrected chi connectivity index (χ2v) is 7.39. The van der Waals surface area contributed by atoms with Crippen LogP contribution in [0.2, 0.25) is 0 Å². The van der Waals surface area contributed by atoms with Crippen molar-refractivity contribution in [3.63, 3.8) is 0 Å². The number of esters is 1. The van der Waals surface area contributed by atoms with E-state index in [-0.39, 0.29) is 5.97 Å². The van der Waals surface area contributed by atoms with E-state index in [1.807, 2.05) is 19.1 Å². The predicted octanol–water partition coefficient (Wildman–Crippen LogP) is 3.35. The van der Waals surface area contributed by atoms with Crippen molar-refractivity contribution in [2.45, 2.75) is 52.0 Å². The van der Waals surface area contributed by atoms with Crippen LogP contribution in [-0.2, 0) is 4.74 Å². The minimum absolute atomic E-state index is 0.266. The van der Waals surface area contributed by atoms with E-state index in [0.29, 0.717) is 24.1 Å². The average molecular weight is 345 g/mol. The molecule has 0 aromatic carbocycles. The molecule has 3 rings (SSSR count). The summed E-state index contributed by atoms with van der Waals surface area (Å²) in [6, 6.07) is 4.34. The predicted molar refractivity (Wildman–Crippen MR) is 100 cm³/mol. The smallest absolute Gasteiger partial charge is 0.341 e. The van der Waals surface area contributed by atoms with Crippen LogP contribution in [0.4, 0.5) is 5.82 Å². The molecule has 2 unspecified atom stereocenters. The van der Waals surface area contributed by atoms with Crippen molar-refractivity contribution in [1.29, 1.82) is 0 Å². The fourth-order valence-corrected chi connectivity index (χ4v) is 4.18. The number of carbonyl (C=O) groups is 1. The van der Waals surface area contributed by atoms with Crippen LogP contribution >= 0.6 is 0 Å². The van der Waals surface area contributed by atoms with Crippen molar-refractivity contribution in [2.75, 3.05) is 37.7 Å². The zero-order valence-electron chi connectivity index (χ0n) is 15.6. The summed E-state index contributed by atoms with van der Waals surface area (Å²) in [5.41, 5.74) is 0.594. The molecule has 2 atom stereocenters. The third kappa shape index (κ3) is 4.51. The molecule has 0 amide bonds. The van der Waals surface area contributed by atoms with E-state index in [1.54, 1.807) is 6.20 Å². The fraction of sp³-hybridized carbons (Fsp3) is 0.700. The van der Waals surface area contributed by atoms with Gasteiger partial charge in [0.15, 0.2) is 0 Å². The van der Waals surface area contributed by atoms with Crippen LogP contribution in [0, 0.1) is 5.92 Å². The third-order valence-electron chi connectivity index (χ3n) is 5.53.